The highest BCUT2D eigenvalue weighted by molar-refractivity contribution is 6.39. The number of benzene rings is 2. The zero-order valence-corrected chi connectivity index (χ0v) is 22.2. The topological polar surface area (TPSA) is 151 Å². The zero-order chi connectivity index (χ0) is 32.8. The van der Waals surface area contributed by atoms with Crippen LogP contribution in [-0.4, -0.2) is 78.4 Å². The van der Waals surface area contributed by atoms with Gasteiger partial charge in [-0.25, -0.2) is 8.78 Å². The van der Waals surface area contributed by atoms with Crippen LogP contribution < -0.4 is 15.4 Å². The summed E-state index contributed by atoms with van der Waals surface area (Å²) >= 11 is 0. The Balaban J connectivity index is 1.67. The third-order valence-corrected chi connectivity index (χ3v) is 6.08. The molecule has 1 fully saturated rings. The van der Waals surface area contributed by atoms with Crippen molar-refractivity contribution in [2.75, 3.05) is 38.2 Å². The maximum absolute atomic E-state index is 13.8. The molecule has 2 aromatic carbocycles. The maximum Gasteiger partial charge on any atom is 0.416 e. The van der Waals surface area contributed by atoms with E-state index in [0.29, 0.717) is 6.07 Å². The van der Waals surface area contributed by atoms with E-state index in [1.54, 1.807) is 0 Å². The molecule has 3 rings (SSSR count). The molecule has 18 heteroatoms. The van der Waals surface area contributed by atoms with Crippen LogP contribution in [0, 0.1) is 29.2 Å². The van der Waals surface area contributed by atoms with Crippen molar-refractivity contribution in [3.8, 4) is 5.75 Å². The summed E-state index contributed by atoms with van der Waals surface area (Å²) in [5, 5.41) is 13.3. The number of nitrogens with one attached hydrogen (secondary N) is 2. The predicted molar refractivity (Wildman–Crippen MR) is 132 cm³/mol. The molecule has 44 heavy (non-hydrogen) atoms. The van der Waals surface area contributed by atoms with E-state index in [4.69, 9.17) is 9.84 Å². The van der Waals surface area contributed by atoms with Crippen molar-refractivity contribution in [2.24, 2.45) is 5.92 Å². The van der Waals surface area contributed by atoms with Gasteiger partial charge in [-0.15, -0.1) is 0 Å². The number of carbonyl (C=O) groups excluding carboxylic acids is 4. The summed E-state index contributed by atoms with van der Waals surface area (Å²) in [6.45, 7) is -2.63. The molecule has 0 spiro atoms. The molecule has 3 amide bonds. The second kappa shape index (κ2) is 14.2. The smallest absolute Gasteiger partial charge is 0.416 e. The van der Waals surface area contributed by atoms with E-state index in [-0.39, 0.29) is 31.5 Å². The lowest BCUT2D eigenvalue weighted by Gasteiger charge is -2.24. The van der Waals surface area contributed by atoms with Gasteiger partial charge in [-0.05, 0) is 18.2 Å². The molecule has 0 unspecified atom stereocenters. The van der Waals surface area contributed by atoms with Crippen LogP contribution in [-0.2, 0) is 34.9 Å². The number of carboxylic acid groups (broad SMARTS) is 1. The first-order valence-corrected chi connectivity index (χ1v) is 12.4. The maximum atomic E-state index is 13.8. The van der Waals surface area contributed by atoms with Crippen molar-refractivity contribution in [1.29, 1.82) is 0 Å². The Morgan fingerprint density at radius 1 is 1.05 bits per heavy atom. The van der Waals surface area contributed by atoms with Gasteiger partial charge in [0, 0.05) is 24.8 Å². The molecule has 0 radical (unpaired) electrons. The lowest BCUT2D eigenvalue weighted by molar-refractivity contribution is -0.144. The molecular formula is C26H22F7N3O8. The minimum Gasteiger partial charge on any atom is -0.481 e. The number of ether oxygens (including phenoxy) is 2. The first kappa shape index (κ1) is 33.8. The van der Waals surface area contributed by atoms with Gasteiger partial charge in [0.25, 0.3) is 0 Å². The second-order valence-electron chi connectivity index (χ2n) is 9.27. The van der Waals surface area contributed by atoms with Crippen LogP contribution in [0.3, 0.4) is 0 Å². The standard InChI is InChI=1S/C26H22F7N3O8/c27-15-7-16(28)21(30)22(20(15)29)44-11-18(37)17(8-19(38)39)35-23(40)12-9-36(4-5-43-10-12)25(42)24(41)34-14-3-1-2-13(6-14)26(31,32)33/h1-3,6-7,12,17H,4-5,8-11H2,(H,34,41)(H,35,40)(H,38,39)/t12-,17-/m0/s1. The van der Waals surface area contributed by atoms with Crippen LogP contribution in [0.5, 0.6) is 5.75 Å². The summed E-state index contributed by atoms with van der Waals surface area (Å²) in [6.07, 6.45) is -5.78. The van der Waals surface area contributed by atoms with E-state index < -0.39 is 102 Å². The van der Waals surface area contributed by atoms with E-state index in [9.17, 15) is 54.7 Å². The van der Waals surface area contributed by atoms with Crippen molar-refractivity contribution >= 4 is 35.2 Å². The fourth-order valence-electron chi connectivity index (χ4n) is 3.89. The Morgan fingerprint density at radius 3 is 2.32 bits per heavy atom. The number of alkyl halides is 3. The quantitative estimate of drug-likeness (QED) is 0.215. The minimum atomic E-state index is -4.72. The van der Waals surface area contributed by atoms with E-state index in [2.05, 4.69) is 10.1 Å². The van der Waals surface area contributed by atoms with Crippen molar-refractivity contribution in [2.45, 2.75) is 18.6 Å². The van der Waals surface area contributed by atoms with E-state index >= 15 is 0 Å². The highest BCUT2D eigenvalue weighted by atomic mass is 19.4. The van der Waals surface area contributed by atoms with Gasteiger partial charge in [-0.2, -0.15) is 22.0 Å². The van der Waals surface area contributed by atoms with Gasteiger partial charge >= 0.3 is 24.0 Å². The monoisotopic (exact) mass is 637 g/mol. The third kappa shape index (κ3) is 8.65. The molecule has 0 saturated carbocycles. The highest BCUT2D eigenvalue weighted by Gasteiger charge is 2.34. The van der Waals surface area contributed by atoms with Crippen molar-refractivity contribution in [3.63, 3.8) is 0 Å². The fraction of sp³-hybridized carbons (Fsp3) is 0.346. The van der Waals surface area contributed by atoms with Crippen LogP contribution in [0.2, 0.25) is 0 Å². The molecule has 11 nitrogen and oxygen atoms in total. The number of rotatable bonds is 9. The Morgan fingerprint density at radius 2 is 1.70 bits per heavy atom. The van der Waals surface area contributed by atoms with Crippen LogP contribution >= 0.6 is 0 Å². The van der Waals surface area contributed by atoms with E-state index in [0.717, 1.165) is 23.1 Å². The number of aliphatic carboxylic acids is 1. The number of carboxylic acids is 1. The fourth-order valence-corrected chi connectivity index (χ4v) is 3.89. The normalized spacial score (nSPS) is 16.0. The van der Waals surface area contributed by atoms with Crippen molar-refractivity contribution in [3.05, 3.63) is 59.2 Å². The summed E-state index contributed by atoms with van der Waals surface area (Å²) in [7, 11) is 0. The summed E-state index contributed by atoms with van der Waals surface area (Å²) < 4.78 is 103. The number of carbonyl (C=O) groups is 5. The third-order valence-electron chi connectivity index (χ3n) is 6.08. The Hall–Kier alpha value is -4.74. The van der Waals surface area contributed by atoms with Crippen LogP contribution in [0.1, 0.15) is 12.0 Å². The number of anilines is 1. The molecule has 0 aliphatic carbocycles. The number of hydrogen-bond donors (Lipinski definition) is 3. The predicted octanol–water partition coefficient (Wildman–Crippen LogP) is 2.28. The minimum absolute atomic E-state index is 0.107. The average Bonchev–Trinajstić information content (AvgIpc) is 3.21. The molecule has 2 atom stereocenters. The molecule has 3 N–H and O–H groups in total. The zero-order valence-electron chi connectivity index (χ0n) is 22.2. The van der Waals surface area contributed by atoms with Crippen molar-refractivity contribution in [1.82, 2.24) is 10.2 Å². The number of amides is 3. The summed E-state index contributed by atoms with van der Waals surface area (Å²) in [6, 6.07) is 1.47. The molecule has 0 bridgehead atoms. The molecule has 238 valence electrons. The lowest BCUT2D eigenvalue weighted by atomic mass is 10.1. The lowest BCUT2D eigenvalue weighted by Crippen LogP contribution is -2.50. The van der Waals surface area contributed by atoms with Gasteiger partial charge in [0.05, 0.1) is 31.1 Å². The number of nitrogens with zero attached hydrogens (tertiary/aromatic N) is 1. The first-order valence-electron chi connectivity index (χ1n) is 12.4. The first-order chi connectivity index (χ1) is 20.6. The SMILES string of the molecule is O=C(O)C[C@H](NC(=O)[C@@H]1COCCN(C(=O)C(=O)Nc2cccc(C(F)(F)F)c2)C1)C(=O)COc1c(F)c(F)cc(F)c1F. The number of hydrogen-bond acceptors (Lipinski definition) is 7. The number of halogens is 7. The molecular weight excluding hydrogens is 615 g/mol. The second-order valence-corrected chi connectivity index (χ2v) is 9.27. The number of Topliss-reactive ketones (excluding diaryl/α,β-unsaturated/α-hetero) is 1. The van der Waals surface area contributed by atoms with Gasteiger partial charge < -0.3 is 30.1 Å². The largest absolute Gasteiger partial charge is 0.481 e. The van der Waals surface area contributed by atoms with Crippen LogP contribution in [0.25, 0.3) is 0 Å². The van der Waals surface area contributed by atoms with E-state index in [1.807, 2.05) is 5.32 Å². The van der Waals surface area contributed by atoms with Gasteiger partial charge in [0.1, 0.15) is 12.6 Å². The molecule has 1 aliphatic heterocycles. The van der Waals surface area contributed by atoms with Gasteiger partial charge in [-0.3, -0.25) is 24.0 Å². The Kier molecular flexibility index (Phi) is 10.9. The Labute approximate surface area is 242 Å². The van der Waals surface area contributed by atoms with Gasteiger partial charge in [0.2, 0.25) is 17.5 Å². The van der Waals surface area contributed by atoms with E-state index in [1.165, 1.54) is 0 Å². The van der Waals surface area contributed by atoms with Gasteiger partial charge in [-0.1, -0.05) is 6.07 Å². The molecule has 2 aromatic rings. The number of ketones is 1. The van der Waals surface area contributed by atoms with Gasteiger partial charge in [0.15, 0.2) is 23.2 Å². The van der Waals surface area contributed by atoms with Crippen molar-refractivity contribution < 1.29 is 69.3 Å². The average molecular weight is 637 g/mol. The molecule has 1 heterocycles. The highest BCUT2D eigenvalue weighted by Crippen LogP contribution is 2.31. The summed E-state index contributed by atoms with van der Waals surface area (Å²) in [4.78, 5) is 62.9. The summed E-state index contributed by atoms with van der Waals surface area (Å²) in [5.41, 5.74) is -1.42. The summed E-state index contributed by atoms with van der Waals surface area (Å²) in [5.74, 6) is -17.0. The van der Waals surface area contributed by atoms with Crippen LogP contribution in [0.4, 0.5) is 36.4 Å². The molecule has 1 saturated heterocycles. The Bertz CT molecular complexity index is 1430. The van der Waals surface area contributed by atoms with Crippen LogP contribution in [0.15, 0.2) is 30.3 Å². The molecule has 1 aliphatic rings. The molecule has 0 aromatic heterocycles.